The normalized spacial score (nSPS) is 10.7. The van der Waals surface area contributed by atoms with Gasteiger partial charge in [0.05, 0.1) is 30.2 Å². The van der Waals surface area contributed by atoms with Crippen LogP contribution in [0.15, 0.2) is 36.4 Å². The highest BCUT2D eigenvalue weighted by Crippen LogP contribution is 2.33. The number of amides is 1. The Labute approximate surface area is 160 Å². The average molecular weight is 389 g/mol. The quantitative estimate of drug-likeness (QED) is 0.646. The molecule has 1 amide bonds. The second-order valence-corrected chi connectivity index (χ2v) is 7.74. The molecule has 0 aliphatic heterocycles. The first kappa shape index (κ1) is 18.5. The van der Waals surface area contributed by atoms with Crippen molar-refractivity contribution in [1.29, 1.82) is 0 Å². The number of carbonyl (C=O) groups is 1. The van der Waals surface area contributed by atoms with Gasteiger partial charge in [0.2, 0.25) is 5.91 Å². The fraction of sp³-hybridized carbons (Fsp3) is 0.263. The Morgan fingerprint density at radius 1 is 1.19 bits per heavy atom. The smallest absolute Gasteiger partial charge is 0.234 e. The van der Waals surface area contributed by atoms with E-state index in [9.17, 15) is 4.79 Å². The number of carbonyl (C=O) groups excluding carboxylic acids is 1. The molecule has 0 spiro atoms. The fourth-order valence-electron chi connectivity index (χ4n) is 2.51. The van der Waals surface area contributed by atoms with Gasteiger partial charge in [-0.05, 0) is 30.7 Å². The Hall–Kier alpha value is -2.25. The van der Waals surface area contributed by atoms with E-state index in [0.717, 1.165) is 27.5 Å². The van der Waals surface area contributed by atoms with E-state index in [1.165, 1.54) is 4.70 Å². The number of nitrogens with zero attached hydrogens (tertiary/aromatic N) is 1. The zero-order valence-corrected chi connectivity index (χ0v) is 16.5. The van der Waals surface area contributed by atoms with Crippen LogP contribution in [0.25, 0.3) is 10.2 Å². The van der Waals surface area contributed by atoms with Crippen molar-refractivity contribution < 1.29 is 14.3 Å². The molecule has 26 heavy (non-hydrogen) atoms. The van der Waals surface area contributed by atoms with E-state index < -0.39 is 0 Å². The lowest BCUT2D eigenvalue weighted by Gasteiger charge is -2.13. The number of thioether (sulfide) groups is 1. The summed E-state index contributed by atoms with van der Waals surface area (Å²) in [6.07, 6.45) is 0. The third-order valence-electron chi connectivity index (χ3n) is 3.80. The minimum absolute atomic E-state index is 0.0496. The molecule has 5 nitrogen and oxygen atoms in total. The fourth-order valence-corrected chi connectivity index (χ4v) is 4.36. The van der Waals surface area contributed by atoms with E-state index in [0.29, 0.717) is 17.3 Å². The number of ether oxygens (including phenoxy) is 2. The van der Waals surface area contributed by atoms with Gasteiger partial charge in [0, 0.05) is 17.5 Å². The number of fused-ring (bicyclic) bond motifs is 1. The SMILES string of the molecule is COc1cc(C)c(NC(=O)CSCc2nc3ccccc3s2)cc1OC. The van der Waals surface area contributed by atoms with Crippen molar-refractivity contribution >= 4 is 44.9 Å². The number of benzene rings is 2. The van der Waals surface area contributed by atoms with Crippen molar-refractivity contribution in [2.75, 3.05) is 25.3 Å². The number of rotatable bonds is 7. The molecule has 1 N–H and O–H groups in total. The minimum Gasteiger partial charge on any atom is -0.493 e. The minimum atomic E-state index is -0.0496. The zero-order valence-electron chi connectivity index (χ0n) is 14.9. The van der Waals surface area contributed by atoms with Crippen LogP contribution in [0.4, 0.5) is 5.69 Å². The summed E-state index contributed by atoms with van der Waals surface area (Å²) in [7, 11) is 3.17. The molecule has 0 aliphatic carbocycles. The summed E-state index contributed by atoms with van der Waals surface area (Å²) in [4.78, 5) is 16.8. The molecule has 2 aromatic carbocycles. The van der Waals surface area contributed by atoms with E-state index in [2.05, 4.69) is 16.4 Å². The topological polar surface area (TPSA) is 60.5 Å². The molecule has 0 unspecified atom stereocenters. The van der Waals surface area contributed by atoms with E-state index in [1.807, 2.05) is 31.2 Å². The molecule has 3 aromatic rings. The lowest BCUT2D eigenvalue weighted by Crippen LogP contribution is -2.15. The third kappa shape index (κ3) is 4.28. The summed E-state index contributed by atoms with van der Waals surface area (Å²) in [5.74, 6) is 2.27. The number of hydrogen-bond donors (Lipinski definition) is 1. The van der Waals surface area contributed by atoms with E-state index in [-0.39, 0.29) is 5.91 Å². The number of thiazole rings is 1. The largest absolute Gasteiger partial charge is 0.493 e. The second-order valence-electron chi connectivity index (χ2n) is 5.64. The van der Waals surface area contributed by atoms with Crippen molar-refractivity contribution in [3.8, 4) is 11.5 Å². The number of aryl methyl sites for hydroxylation is 1. The maximum atomic E-state index is 12.3. The Balaban J connectivity index is 1.57. The summed E-state index contributed by atoms with van der Waals surface area (Å²) in [6.45, 7) is 1.92. The van der Waals surface area contributed by atoms with Gasteiger partial charge in [0.1, 0.15) is 5.01 Å². The molecule has 0 saturated heterocycles. The van der Waals surface area contributed by atoms with Crippen LogP contribution in [0.2, 0.25) is 0 Å². The van der Waals surface area contributed by atoms with Gasteiger partial charge in [0.25, 0.3) is 0 Å². The van der Waals surface area contributed by atoms with Crippen molar-refractivity contribution in [3.05, 3.63) is 47.0 Å². The third-order valence-corrected chi connectivity index (χ3v) is 5.96. The molecule has 136 valence electrons. The lowest BCUT2D eigenvalue weighted by atomic mass is 10.1. The maximum absolute atomic E-state index is 12.3. The molecule has 1 heterocycles. The molecule has 3 rings (SSSR count). The Morgan fingerprint density at radius 2 is 1.92 bits per heavy atom. The van der Waals surface area contributed by atoms with Gasteiger partial charge in [-0.2, -0.15) is 0 Å². The highest BCUT2D eigenvalue weighted by Gasteiger charge is 2.11. The van der Waals surface area contributed by atoms with Gasteiger partial charge in [-0.15, -0.1) is 23.1 Å². The van der Waals surface area contributed by atoms with Crippen LogP contribution >= 0.6 is 23.1 Å². The number of nitrogens with one attached hydrogen (secondary N) is 1. The first-order valence-electron chi connectivity index (χ1n) is 8.05. The molecule has 0 bridgehead atoms. The summed E-state index contributed by atoms with van der Waals surface area (Å²) < 4.78 is 11.7. The van der Waals surface area contributed by atoms with Crippen LogP contribution in [0, 0.1) is 6.92 Å². The monoisotopic (exact) mass is 388 g/mol. The molecule has 1 aromatic heterocycles. The van der Waals surface area contributed by atoms with E-state index in [1.54, 1.807) is 43.4 Å². The molecule has 0 atom stereocenters. The summed E-state index contributed by atoms with van der Waals surface area (Å²) >= 11 is 3.22. The summed E-state index contributed by atoms with van der Waals surface area (Å²) in [5.41, 5.74) is 2.67. The number of aromatic nitrogens is 1. The standard InChI is InChI=1S/C19H20N2O3S2/c1-12-8-15(23-2)16(24-3)9-14(12)20-18(22)10-25-11-19-21-13-6-4-5-7-17(13)26-19/h4-9H,10-11H2,1-3H3,(H,20,22). The Kier molecular flexibility index (Phi) is 6.00. The lowest BCUT2D eigenvalue weighted by molar-refractivity contribution is -0.113. The Bertz CT molecular complexity index is 891. The van der Waals surface area contributed by atoms with Crippen molar-refractivity contribution in [2.45, 2.75) is 12.7 Å². The van der Waals surface area contributed by atoms with Gasteiger partial charge in [-0.25, -0.2) is 4.98 Å². The first-order valence-corrected chi connectivity index (χ1v) is 10.0. The molecular weight excluding hydrogens is 368 g/mol. The molecule has 0 aliphatic rings. The molecule has 0 saturated carbocycles. The van der Waals surface area contributed by atoms with Crippen LogP contribution in [-0.2, 0) is 10.5 Å². The van der Waals surface area contributed by atoms with Crippen LogP contribution in [0.3, 0.4) is 0 Å². The summed E-state index contributed by atoms with van der Waals surface area (Å²) in [6, 6.07) is 11.7. The van der Waals surface area contributed by atoms with Crippen molar-refractivity contribution in [3.63, 3.8) is 0 Å². The molecule has 0 fully saturated rings. The van der Waals surface area contributed by atoms with Crippen LogP contribution < -0.4 is 14.8 Å². The van der Waals surface area contributed by atoms with Crippen molar-refractivity contribution in [1.82, 2.24) is 4.98 Å². The van der Waals surface area contributed by atoms with Crippen LogP contribution in [-0.4, -0.2) is 30.9 Å². The van der Waals surface area contributed by atoms with Gasteiger partial charge in [-0.1, -0.05) is 12.1 Å². The van der Waals surface area contributed by atoms with Gasteiger partial charge < -0.3 is 14.8 Å². The van der Waals surface area contributed by atoms with Gasteiger partial charge in [0.15, 0.2) is 11.5 Å². The number of anilines is 1. The first-order chi connectivity index (χ1) is 12.6. The zero-order chi connectivity index (χ0) is 18.5. The Morgan fingerprint density at radius 3 is 2.65 bits per heavy atom. The van der Waals surface area contributed by atoms with Gasteiger partial charge in [-0.3, -0.25) is 4.79 Å². The van der Waals surface area contributed by atoms with Crippen LogP contribution in [0.5, 0.6) is 11.5 Å². The predicted octanol–water partition coefficient (Wildman–Crippen LogP) is 4.49. The number of hydrogen-bond acceptors (Lipinski definition) is 6. The summed E-state index contributed by atoms with van der Waals surface area (Å²) in [5, 5.41) is 3.97. The molecular formula is C19H20N2O3S2. The number of para-hydroxylation sites is 1. The van der Waals surface area contributed by atoms with E-state index in [4.69, 9.17) is 9.47 Å². The average Bonchev–Trinajstić information content (AvgIpc) is 3.05. The highest BCUT2D eigenvalue weighted by atomic mass is 32.2. The second kappa shape index (κ2) is 8.42. The van der Waals surface area contributed by atoms with Crippen LogP contribution in [0.1, 0.15) is 10.6 Å². The van der Waals surface area contributed by atoms with Crippen molar-refractivity contribution in [2.24, 2.45) is 0 Å². The van der Waals surface area contributed by atoms with E-state index >= 15 is 0 Å². The maximum Gasteiger partial charge on any atom is 0.234 e. The molecule has 7 heteroatoms. The predicted molar refractivity (Wildman–Crippen MR) is 109 cm³/mol. The molecule has 0 radical (unpaired) electrons. The van der Waals surface area contributed by atoms with Gasteiger partial charge >= 0.3 is 0 Å². The highest BCUT2D eigenvalue weighted by molar-refractivity contribution is 7.99. The number of methoxy groups -OCH3 is 2.